The highest BCUT2D eigenvalue weighted by atomic mass is 32.2. The molecule has 0 radical (unpaired) electrons. The lowest BCUT2D eigenvalue weighted by molar-refractivity contribution is 0.0906. The van der Waals surface area contributed by atoms with Crippen molar-refractivity contribution >= 4 is 15.7 Å². The molecule has 2 saturated heterocycles. The first-order valence-electron chi connectivity index (χ1n) is 10.8. The molecule has 0 aliphatic carbocycles. The number of halogens is 1. The molecule has 0 saturated carbocycles. The van der Waals surface area contributed by atoms with Gasteiger partial charge >= 0.3 is 0 Å². The van der Waals surface area contributed by atoms with Crippen molar-refractivity contribution in [3.63, 3.8) is 0 Å². The molecule has 32 heavy (non-hydrogen) atoms. The van der Waals surface area contributed by atoms with Gasteiger partial charge in [0.05, 0.1) is 35.9 Å². The average Bonchev–Trinajstić information content (AvgIpc) is 3.33. The van der Waals surface area contributed by atoms with Crippen LogP contribution >= 0.6 is 0 Å². The lowest BCUT2D eigenvalue weighted by Gasteiger charge is -2.36. The fourth-order valence-corrected chi connectivity index (χ4v) is 6.26. The molecule has 1 aromatic heterocycles. The first-order chi connectivity index (χ1) is 15.5. The second kappa shape index (κ2) is 8.35. The van der Waals surface area contributed by atoms with Gasteiger partial charge in [0.25, 0.3) is 10.0 Å². The molecule has 2 aliphatic heterocycles. The van der Waals surface area contributed by atoms with Crippen LogP contribution in [0, 0.1) is 5.82 Å². The van der Waals surface area contributed by atoms with Gasteiger partial charge in [0, 0.05) is 24.0 Å². The molecule has 1 N–H and O–H groups in total. The summed E-state index contributed by atoms with van der Waals surface area (Å²) in [6, 6.07) is 15.6. The lowest BCUT2D eigenvalue weighted by Crippen LogP contribution is -2.45. The second-order valence-corrected chi connectivity index (χ2v) is 10.2. The van der Waals surface area contributed by atoms with Gasteiger partial charge in [-0.15, -0.1) is 0 Å². The molecule has 5 rings (SSSR count). The van der Waals surface area contributed by atoms with Crippen LogP contribution in [-0.4, -0.2) is 44.7 Å². The van der Waals surface area contributed by atoms with Crippen molar-refractivity contribution in [3.05, 3.63) is 72.2 Å². The van der Waals surface area contributed by atoms with E-state index in [4.69, 9.17) is 4.74 Å². The van der Waals surface area contributed by atoms with E-state index in [-0.39, 0.29) is 22.5 Å². The third-order valence-corrected chi connectivity index (χ3v) is 7.96. The summed E-state index contributed by atoms with van der Waals surface area (Å²) in [4.78, 5) is 2.48. The Labute approximate surface area is 187 Å². The predicted octanol–water partition coefficient (Wildman–Crippen LogP) is 3.62. The third kappa shape index (κ3) is 3.62. The van der Waals surface area contributed by atoms with E-state index >= 15 is 0 Å². The van der Waals surface area contributed by atoms with Crippen LogP contribution in [0.5, 0.6) is 0 Å². The maximum Gasteiger partial charge on any atom is 0.268 e. The van der Waals surface area contributed by atoms with Crippen molar-refractivity contribution in [1.29, 1.82) is 0 Å². The van der Waals surface area contributed by atoms with E-state index in [1.165, 1.54) is 10.0 Å². The summed E-state index contributed by atoms with van der Waals surface area (Å²) in [6.45, 7) is 1.80. The number of nitrogens with one attached hydrogen (secondary N) is 1. The molecule has 2 aromatic carbocycles. The van der Waals surface area contributed by atoms with Crippen molar-refractivity contribution in [2.45, 2.75) is 36.4 Å². The van der Waals surface area contributed by atoms with E-state index in [2.05, 4.69) is 10.2 Å². The zero-order valence-corrected chi connectivity index (χ0v) is 18.7. The van der Waals surface area contributed by atoms with Crippen molar-refractivity contribution in [1.82, 2.24) is 9.29 Å². The highest BCUT2D eigenvalue weighted by Gasteiger charge is 2.37. The van der Waals surface area contributed by atoms with Gasteiger partial charge in [0.15, 0.2) is 0 Å². The van der Waals surface area contributed by atoms with E-state index in [0.29, 0.717) is 25.5 Å². The maximum absolute atomic E-state index is 14.6. The average molecular weight is 456 g/mol. The van der Waals surface area contributed by atoms with Crippen LogP contribution in [-0.2, 0) is 21.3 Å². The molecular weight excluding hydrogens is 429 g/mol. The topological polar surface area (TPSA) is 63.6 Å². The summed E-state index contributed by atoms with van der Waals surface area (Å²) in [5, 5.41) is 3.03. The number of nitrogens with zero attached hydrogens (tertiary/aromatic N) is 2. The Hall–Kier alpha value is -2.68. The maximum atomic E-state index is 14.6. The normalized spacial score (nSPS) is 20.6. The number of ether oxygens (including phenoxy) is 1. The molecular formula is C24H26FN3O3S. The molecule has 2 fully saturated rings. The Morgan fingerprint density at radius 1 is 1.06 bits per heavy atom. The summed E-state index contributed by atoms with van der Waals surface area (Å²) in [5.41, 5.74) is 2.21. The van der Waals surface area contributed by atoms with Crippen molar-refractivity contribution in [2.75, 3.05) is 25.2 Å². The van der Waals surface area contributed by atoms with E-state index in [0.717, 1.165) is 24.1 Å². The number of rotatable bonds is 6. The van der Waals surface area contributed by atoms with Crippen LogP contribution in [0.2, 0.25) is 0 Å². The molecule has 2 aliphatic rings. The monoisotopic (exact) mass is 455 g/mol. The molecule has 6 nitrogen and oxygen atoms in total. The predicted molar refractivity (Wildman–Crippen MR) is 122 cm³/mol. The van der Waals surface area contributed by atoms with E-state index in [1.54, 1.807) is 55.7 Å². The number of hydrogen-bond acceptors (Lipinski definition) is 5. The first kappa shape index (κ1) is 21.2. The molecule has 8 heteroatoms. The minimum absolute atomic E-state index is 0.185. The lowest BCUT2D eigenvalue weighted by atomic mass is 10.1. The van der Waals surface area contributed by atoms with Crippen molar-refractivity contribution in [3.8, 4) is 11.3 Å². The Kier molecular flexibility index (Phi) is 5.53. The molecule has 2 atom stereocenters. The van der Waals surface area contributed by atoms with Crippen LogP contribution < -0.4 is 10.2 Å². The minimum Gasteiger partial charge on any atom is -0.377 e. The van der Waals surface area contributed by atoms with Crippen molar-refractivity contribution < 1.29 is 17.5 Å². The van der Waals surface area contributed by atoms with Crippen LogP contribution in [0.15, 0.2) is 65.7 Å². The van der Waals surface area contributed by atoms with E-state index in [1.807, 2.05) is 6.07 Å². The highest BCUT2D eigenvalue weighted by Crippen LogP contribution is 2.36. The SMILES string of the molecule is CNCc1cc(-c2ccccc2F)n(S(=O)(=O)c2cccc(N3C4CCC3COC4)c2)c1. The Morgan fingerprint density at radius 2 is 1.81 bits per heavy atom. The van der Waals surface area contributed by atoms with Crippen molar-refractivity contribution in [2.24, 2.45) is 0 Å². The number of morpholine rings is 1. The second-order valence-electron chi connectivity index (χ2n) is 8.37. The van der Waals surface area contributed by atoms with Gasteiger partial charge in [-0.1, -0.05) is 18.2 Å². The van der Waals surface area contributed by atoms with E-state index < -0.39 is 15.8 Å². The van der Waals surface area contributed by atoms with Gasteiger partial charge in [-0.2, -0.15) is 0 Å². The Balaban J connectivity index is 1.59. The molecule has 2 bridgehead atoms. The van der Waals surface area contributed by atoms with Crippen LogP contribution in [0.4, 0.5) is 10.1 Å². The highest BCUT2D eigenvalue weighted by molar-refractivity contribution is 7.90. The molecule has 3 aromatic rings. The fraction of sp³-hybridized carbons (Fsp3) is 0.333. The first-order valence-corrected chi connectivity index (χ1v) is 12.3. The van der Waals surface area contributed by atoms with Gasteiger partial charge in [-0.25, -0.2) is 16.8 Å². The smallest absolute Gasteiger partial charge is 0.268 e. The number of fused-ring (bicyclic) bond motifs is 2. The molecule has 3 heterocycles. The fourth-order valence-electron chi connectivity index (χ4n) is 4.83. The van der Waals surface area contributed by atoms with Crippen LogP contribution in [0.3, 0.4) is 0 Å². The summed E-state index contributed by atoms with van der Waals surface area (Å²) < 4.78 is 49.0. The van der Waals surface area contributed by atoms with E-state index in [9.17, 15) is 12.8 Å². The Bertz CT molecular complexity index is 1220. The van der Waals surface area contributed by atoms with Crippen LogP contribution in [0.25, 0.3) is 11.3 Å². The summed E-state index contributed by atoms with van der Waals surface area (Å²) in [5.74, 6) is -0.461. The zero-order valence-electron chi connectivity index (χ0n) is 17.9. The minimum atomic E-state index is -3.94. The molecule has 168 valence electrons. The molecule has 0 spiro atoms. The quantitative estimate of drug-likeness (QED) is 0.615. The van der Waals surface area contributed by atoms with Gasteiger partial charge in [-0.3, -0.25) is 0 Å². The largest absolute Gasteiger partial charge is 0.377 e. The summed E-state index contributed by atoms with van der Waals surface area (Å²) in [7, 11) is -2.16. The molecule has 0 amide bonds. The Morgan fingerprint density at radius 3 is 2.53 bits per heavy atom. The van der Waals surface area contributed by atoms with Gasteiger partial charge in [0.2, 0.25) is 0 Å². The number of benzene rings is 2. The van der Waals surface area contributed by atoms with Crippen LogP contribution in [0.1, 0.15) is 18.4 Å². The van der Waals surface area contributed by atoms with Gasteiger partial charge < -0.3 is 15.0 Å². The zero-order chi connectivity index (χ0) is 22.3. The van der Waals surface area contributed by atoms with Gasteiger partial charge in [0.1, 0.15) is 5.82 Å². The van der Waals surface area contributed by atoms with Gasteiger partial charge in [-0.05, 0) is 61.9 Å². The molecule has 2 unspecified atom stereocenters. The number of hydrogen-bond donors (Lipinski definition) is 1. The summed E-state index contributed by atoms with van der Waals surface area (Å²) >= 11 is 0. The summed E-state index contributed by atoms with van der Waals surface area (Å²) in [6.07, 6.45) is 3.66. The third-order valence-electron chi connectivity index (χ3n) is 6.29. The number of aromatic nitrogens is 1. The standard InChI is InChI=1S/C24H26FN3O3S/c1-26-13-17-11-24(22-7-2-3-8-23(22)25)27(14-17)32(29,30)21-6-4-5-18(12-21)28-19-9-10-20(28)16-31-15-19/h2-8,11-12,14,19-20,26H,9-10,13,15-16H2,1H3. The number of anilines is 1.